The Morgan fingerprint density at radius 3 is 2.52 bits per heavy atom. The normalized spacial score (nSPS) is 16.8. The summed E-state index contributed by atoms with van der Waals surface area (Å²) in [5.41, 5.74) is 1.61. The number of hydrogen-bond donors (Lipinski definition) is 1. The average molecular weight is 389 g/mol. The van der Waals surface area contributed by atoms with Gasteiger partial charge >= 0.3 is 0 Å². The van der Waals surface area contributed by atoms with Crippen molar-refractivity contribution in [1.29, 1.82) is 0 Å². The zero-order valence-electron chi connectivity index (χ0n) is 15.5. The fourth-order valence-corrected chi connectivity index (χ4v) is 3.90. The first-order chi connectivity index (χ1) is 13.1. The van der Waals surface area contributed by atoms with Gasteiger partial charge in [-0.25, -0.2) is 4.39 Å². The second kappa shape index (κ2) is 9.34. The highest BCUT2D eigenvalue weighted by Crippen LogP contribution is 2.34. The third kappa shape index (κ3) is 5.30. The van der Waals surface area contributed by atoms with Gasteiger partial charge in [0.2, 0.25) is 5.91 Å². The number of carbonyl (C=O) groups excluding carboxylic acids is 1. The molecule has 2 aromatic rings. The summed E-state index contributed by atoms with van der Waals surface area (Å²) in [7, 11) is 0. The van der Waals surface area contributed by atoms with Gasteiger partial charge in [0.1, 0.15) is 5.82 Å². The van der Waals surface area contributed by atoms with Gasteiger partial charge in [-0.1, -0.05) is 42.5 Å². The molecule has 0 radical (unpaired) electrons. The predicted octanol–water partition coefficient (Wildman–Crippen LogP) is 4.45. The number of hydrogen-bond acceptors (Lipinski definition) is 2. The fourth-order valence-electron chi connectivity index (χ4n) is 3.76. The Kier molecular flexibility index (Phi) is 6.86. The van der Waals surface area contributed by atoms with E-state index in [1.165, 1.54) is 11.6 Å². The number of amides is 1. The van der Waals surface area contributed by atoms with Crippen molar-refractivity contribution < 1.29 is 9.18 Å². The summed E-state index contributed by atoms with van der Waals surface area (Å²) in [5.74, 6) is 0.177. The van der Waals surface area contributed by atoms with E-state index in [1.54, 1.807) is 12.1 Å². The van der Waals surface area contributed by atoms with Crippen molar-refractivity contribution in [3.8, 4) is 0 Å². The molecule has 1 heterocycles. The lowest BCUT2D eigenvalue weighted by Crippen LogP contribution is -2.53. The van der Waals surface area contributed by atoms with Crippen LogP contribution in [0.15, 0.2) is 54.6 Å². The lowest BCUT2D eigenvalue weighted by atomic mass is 9.80. The minimum atomic E-state index is -0.515. The van der Waals surface area contributed by atoms with E-state index >= 15 is 0 Å². The number of halogens is 2. The Morgan fingerprint density at radius 1 is 1.11 bits per heavy atom. The molecule has 0 unspecified atom stereocenters. The van der Waals surface area contributed by atoms with Crippen LogP contribution in [0.25, 0.3) is 0 Å². The summed E-state index contributed by atoms with van der Waals surface area (Å²) in [5, 5.41) is 3.20. The summed E-state index contributed by atoms with van der Waals surface area (Å²) < 4.78 is 13.9. The molecule has 1 N–H and O–H groups in total. The van der Waals surface area contributed by atoms with Crippen molar-refractivity contribution in [2.45, 2.75) is 37.8 Å². The van der Waals surface area contributed by atoms with E-state index in [2.05, 4.69) is 22.3 Å². The van der Waals surface area contributed by atoms with Gasteiger partial charge in [0.05, 0.1) is 5.54 Å². The van der Waals surface area contributed by atoms with E-state index in [0.717, 1.165) is 38.0 Å². The summed E-state index contributed by atoms with van der Waals surface area (Å²) in [6, 6.07) is 17.0. The Balaban J connectivity index is 1.73. The molecule has 5 heteroatoms. The minimum absolute atomic E-state index is 0.0172. The van der Waals surface area contributed by atoms with Crippen LogP contribution < -0.4 is 5.32 Å². The zero-order chi connectivity index (χ0) is 19.1. The Hall–Kier alpha value is -1.91. The molecule has 1 fully saturated rings. The van der Waals surface area contributed by atoms with Gasteiger partial charge in [0, 0.05) is 31.9 Å². The van der Waals surface area contributed by atoms with Crippen LogP contribution in [0.2, 0.25) is 0 Å². The molecule has 0 aromatic heterocycles. The maximum absolute atomic E-state index is 13.9. The van der Waals surface area contributed by atoms with E-state index in [-0.39, 0.29) is 11.7 Å². The molecule has 3 nitrogen and oxygen atoms in total. The molecule has 1 saturated heterocycles. The number of nitrogens with zero attached hydrogens (tertiary/aromatic N) is 1. The third-order valence-electron chi connectivity index (χ3n) is 5.25. The van der Waals surface area contributed by atoms with Crippen LogP contribution in [0.5, 0.6) is 0 Å². The molecular weight excluding hydrogens is 363 g/mol. The maximum atomic E-state index is 13.9. The van der Waals surface area contributed by atoms with E-state index in [4.69, 9.17) is 11.6 Å². The summed E-state index contributed by atoms with van der Waals surface area (Å²) >= 11 is 5.72. The van der Waals surface area contributed by atoms with Crippen LogP contribution in [-0.4, -0.2) is 29.8 Å². The molecule has 2 aromatic carbocycles. The molecular formula is C22H26ClFN2O. The van der Waals surface area contributed by atoms with Crippen molar-refractivity contribution in [3.63, 3.8) is 0 Å². The second-order valence-corrected chi connectivity index (χ2v) is 7.57. The standard InChI is InChI=1S/C22H26ClFN2O/c23-13-5-10-21(27)25-22(19-8-4-9-20(24)16-19)11-14-26(15-12-22)17-18-6-2-1-3-7-18/h1-4,6-9,16H,5,10-15,17H2,(H,25,27). The van der Waals surface area contributed by atoms with Crippen molar-refractivity contribution in [2.75, 3.05) is 19.0 Å². The molecule has 1 amide bonds. The summed E-state index contributed by atoms with van der Waals surface area (Å²) in [6.45, 7) is 2.59. The Labute approximate surface area is 165 Å². The van der Waals surface area contributed by atoms with E-state index in [9.17, 15) is 9.18 Å². The topological polar surface area (TPSA) is 32.3 Å². The predicted molar refractivity (Wildman–Crippen MR) is 107 cm³/mol. The molecule has 0 saturated carbocycles. The molecule has 144 valence electrons. The SMILES string of the molecule is O=C(CCCCl)NC1(c2cccc(F)c2)CCN(Cc2ccccc2)CC1. The monoisotopic (exact) mass is 388 g/mol. The van der Waals surface area contributed by atoms with Gasteiger partial charge < -0.3 is 5.32 Å². The molecule has 1 aliphatic rings. The van der Waals surface area contributed by atoms with Gasteiger partial charge in [-0.2, -0.15) is 0 Å². The van der Waals surface area contributed by atoms with Crippen LogP contribution in [0.4, 0.5) is 4.39 Å². The molecule has 0 spiro atoms. The van der Waals surface area contributed by atoms with Crippen molar-refractivity contribution in [2.24, 2.45) is 0 Å². The first kappa shape index (κ1) is 19.8. The van der Waals surface area contributed by atoms with Gasteiger partial charge in [-0.15, -0.1) is 11.6 Å². The largest absolute Gasteiger partial charge is 0.346 e. The highest BCUT2D eigenvalue weighted by molar-refractivity contribution is 6.17. The van der Waals surface area contributed by atoms with Crippen LogP contribution in [0, 0.1) is 5.82 Å². The molecule has 1 aliphatic heterocycles. The third-order valence-corrected chi connectivity index (χ3v) is 5.52. The number of nitrogens with one attached hydrogen (secondary N) is 1. The molecule has 27 heavy (non-hydrogen) atoms. The first-order valence-electron chi connectivity index (χ1n) is 9.51. The second-order valence-electron chi connectivity index (χ2n) is 7.19. The maximum Gasteiger partial charge on any atom is 0.220 e. The highest BCUT2D eigenvalue weighted by Gasteiger charge is 2.37. The van der Waals surface area contributed by atoms with Gasteiger partial charge in [-0.3, -0.25) is 9.69 Å². The van der Waals surface area contributed by atoms with E-state index in [1.807, 2.05) is 24.3 Å². The molecule has 0 aliphatic carbocycles. The summed E-state index contributed by atoms with van der Waals surface area (Å²) in [6.07, 6.45) is 2.56. The zero-order valence-corrected chi connectivity index (χ0v) is 16.2. The fraction of sp³-hybridized carbons (Fsp3) is 0.409. The number of carbonyl (C=O) groups is 1. The average Bonchev–Trinajstić information content (AvgIpc) is 2.69. The molecule has 3 rings (SSSR count). The first-order valence-corrected chi connectivity index (χ1v) is 10.0. The molecule has 0 bridgehead atoms. The van der Waals surface area contributed by atoms with Gasteiger partial charge in [0.25, 0.3) is 0 Å². The molecule has 0 atom stereocenters. The van der Waals surface area contributed by atoms with Gasteiger partial charge in [0.15, 0.2) is 0 Å². The Morgan fingerprint density at radius 2 is 1.85 bits per heavy atom. The number of alkyl halides is 1. The van der Waals surface area contributed by atoms with E-state index in [0.29, 0.717) is 18.7 Å². The number of benzene rings is 2. The van der Waals surface area contributed by atoms with Crippen molar-refractivity contribution in [1.82, 2.24) is 10.2 Å². The minimum Gasteiger partial charge on any atom is -0.346 e. The van der Waals surface area contributed by atoms with Crippen molar-refractivity contribution in [3.05, 3.63) is 71.5 Å². The van der Waals surface area contributed by atoms with Crippen LogP contribution in [0.1, 0.15) is 36.8 Å². The lowest BCUT2D eigenvalue weighted by molar-refractivity contribution is -0.124. The lowest BCUT2D eigenvalue weighted by Gasteiger charge is -2.43. The quantitative estimate of drug-likeness (QED) is 0.710. The number of piperidine rings is 1. The highest BCUT2D eigenvalue weighted by atomic mass is 35.5. The van der Waals surface area contributed by atoms with Gasteiger partial charge in [-0.05, 0) is 42.5 Å². The smallest absolute Gasteiger partial charge is 0.220 e. The van der Waals surface area contributed by atoms with Crippen molar-refractivity contribution >= 4 is 17.5 Å². The number of rotatable bonds is 7. The van der Waals surface area contributed by atoms with E-state index < -0.39 is 5.54 Å². The Bertz CT molecular complexity index is 745. The number of likely N-dealkylation sites (tertiary alicyclic amines) is 1. The van der Waals surface area contributed by atoms with Crippen LogP contribution >= 0.6 is 11.6 Å². The summed E-state index contributed by atoms with van der Waals surface area (Å²) in [4.78, 5) is 14.8. The van der Waals surface area contributed by atoms with Crippen LogP contribution in [0.3, 0.4) is 0 Å². The van der Waals surface area contributed by atoms with Crippen LogP contribution in [-0.2, 0) is 16.9 Å².